The van der Waals surface area contributed by atoms with E-state index in [1.54, 1.807) is 36.5 Å². The normalized spacial score (nSPS) is 13.9. The van der Waals surface area contributed by atoms with E-state index in [2.05, 4.69) is 0 Å². The number of carbonyl (C=O) groups excluding carboxylic acids is 2. The molecule has 0 aromatic heterocycles. The molecule has 2 aromatic carbocycles. The number of carbonyl (C=O) groups is 2. The van der Waals surface area contributed by atoms with Gasteiger partial charge in [0, 0.05) is 18.9 Å². The second-order valence-electron chi connectivity index (χ2n) is 6.70. The molecule has 156 valence electrons. The van der Waals surface area contributed by atoms with Crippen molar-refractivity contribution < 1.29 is 28.9 Å². The van der Waals surface area contributed by atoms with Crippen molar-refractivity contribution in [2.45, 2.75) is 12.5 Å². The molecule has 3 rings (SSSR count). The quantitative estimate of drug-likeness (QED) is 0.734. The van der Waals surface area contributed by atoms with Crippen LogP contribution in [0.5, 0.6) is 11.5 Å². The number of phenolic OH excluding ortho intramolecular Hbond substituents is 1. The van der Waals surface area contributed by atoms with Gasteiger partial charge < -0.3 is 24.2 Å². The van der Waals surface area contributed by atoms with Crippen molar-refractivity contribution in [1.82, 2.24) is 4.90 Å². The summed E-state index contributed by atoms with van der Waals surface area (Å²) in [5.74, 6) is -0.966. The Bertz CT molecular complexity index is 942. The number of benzene rings is 2. The lowest BCUT2D eigenvalue weighted by molar-refractivity contribution is -0.137. The van der Waals surface area contributed by atoms with E-state index in [0.29, 0.717) is 23.3 Å². The summed E-state index contributed by atoms with van der Waals surface area (Å²) in [5.41, 5.74) is 2.20. The van der Waals surface area contributed by atoms with E-state index >= 15 is 0 Å². The van der Waals surface area contributed by atoms with Gasteiger partial charge in [0.2, 0.25) is 0 Å². The Balaban J connectivity index is 2.03. The zero-order chi connectivity index (χ0) is 21.7. The zero-order valence-corrected chi connectivity index (χ0v) is 17.0. The van der Waals surface area contributed by atoms with Crippen LogP contribution in [0, 0.1) is 0 Å². The van der Waals surface area contributed by atoms with Gasteiger partial charge in [0.15, 0.2) is 0 Å². The number of hydrogen-bond donors (Lipinski definition) is 1. The van der Waals surface area contributed by atoms with Crippen molar-refractivity contribution >= 4 is 11.9 Å². The SMILES string of the molecule is COC(=O)C1=CN(Cc2ccc(OC)cc2)C=C(C(=O)OC)C1c1ccc(O)cc1. The largest absolute Gasteiger partial charge is 0.508 e. The molecule has 0 amide bonds. The highest BCUT2D eigenvalue weighted by Crippen LogP contribution is 2.38. The van der Waals surface area contributed by atoms with Crippen molar-refractivity contribution in [2.75, 3.05) is 21.3 Å². The smallest absolute Gasteiger partial charge is 0.336 e. The van der Waals surface area contributed by atoms with Gasteiger partial charge in [-0.05, 0) is 35.4 Å². The third kappa shape index (κ3) is 4.46. The average molecular weight is 409 g/mol. The Morgan fingerprint density at radius 1 is 0.867 bits per heavy atom. The predicted octanol–water partition coefficient (Wildman–Crippen LogP) is 3.11. The maximum atomic E-state index is 12.6. The topological polar surface area (TPSA) is 85.3 Å². The number of nitrogens with zero attached hydrogens (tertiary/aromatic N) is 1. The van der Waals surface area contributed by atoms with E-state index in [4.69, 9.17) is 14.2 Å². The highest BCUT2D eigenvalue weighted by atomic mass is 16.5. The Hall–Kier alpha value is -3.74. The Morgan fingerprint density at radius 2 is 1.40 bits per heavy atom. The van der Waals surface area contributed by atoms with Crippen LogP contribution in [-0.2, 0) is 25.6 Å². The van der Waals surface area contributed by atoms with Crippen LogP contribution < -0.4 is 4.74 Å². The molecular formula is C23H23NO6. The summed E-state index contributed by atoms with van der Waals surface area (Å²) in [6, 6.07) is 13.8. The molecule has 1 N–H and O–H groups in total. The average Bonchev–Trinajstić information content (AvgIpc) is 2.78. The summed E-state index contributed by atoms with van der Waals surface area (Å²) in [5, 5.41) is 9.61. The number of ether oxygens (including phenoxy) is 3. The Kier molecular flexibility index (Phi) is 6.41. The van der Waals surface area contributed by atoms with Gasteiger partial charge in [0.25, 0.3) is 0 Å². The van der Waals surface area contributed by atoms with Gasteiger partial charge in [0.1, 0.15) is 11.5 Å². The number of esters is 2. The molecule has 0 bridgehead atoms. The summed E-state index contributed by atoms with van der Waals surface area (Å²) >= 11 is 0. The number of aromatic hydroxyl groups is 1. The van der Waals surface area contributed by atoms with Crippen LogP contribution in [0.4, 0.5) is 0 Å². The van der Waals surface area contributed by atoms with E-state index in [0.717, 1.165) is 11.3 Å². The summed E-state index contributed by atoms with van der Waals surface area (Å²) < 4.78 is 15.1. The monoisotopic (exact) mass is 409 g/mol. The van der Waals surface area contributed by atoms with Crippen molar-refractivity contribution in [2.24, 2.45) is 0 Å². The van der Waals surface area contributed by atoms with Crippen LogP contribution in [0.1, 0.15) is 17.0 Å². The van der Waals surface area contributed by atoms with E-state index in [9.17, 15) is 14.7 Å². The summed E-state index contributed by atoms with van der Waals surface area (Å²) in [4.78, 5) is 26.9. The van der Waals surface area contributed by atoms with Crippen LogP contribution in [0.15, 0.2) is 72.1 Å². The molecule has 0 atom stereocenters. The number of methoxy groups -OCH3 is 3. The van der Waals surface area contributed by atoms with E-state index in [-0.39, 0.29) is 5.75 Å². The maximum absolute atomic E-state index is 12.6. The second-order valence-corrected chi connectivity index (χ2v) is 6.70. The zero-order valence-electron chi connectivity index (χ0n) is 17.0. The fraction of sp³-hybridized carbons (Fsp3) is 0.217. The molecule has 1 heterocycles. The minimum absolute atomic E-state index is 0.0860. The second kappa shape index (κ2) is 9.17. The van der Waals surface area contributed by atoms with E-state index < -0.39 is 17.9 Å². The molecule has 30 heavy (non-hydrogen) atoms. The van der Waals surface area contributed by atoms with Gasteiger partial charge in [-0.3, -0.25) is 0 Å². The molecule has 7 nitrogen and oxygen atoms in total. The first-order chi connectivity index (χ1) is 14.5. The Labute approximate surface area is 174 Å². The fourth-order valence-electron chi connectivity index (χ4n) is 3.35. The van der Waals surface area contributed by atoms with Gasteiger partial charge in [-0.15, -0.1) is 0 Å². The van der Waals surface area contributed by atoms with E-state index in [1.807, 2.05) is 24.3 Å². The molecule has 0 fully saturated rings. The molecule has 0 radical (unpaired) electrons. The number of hydrogen-bond acceptors (Lipinski definition) is 7. The van der Waals surface area contributed by atoms with Crippen molar-refractivity contribution in [3.63, 3.8) is 0 Å². The first-order valence-corrected chi connectivity index (χ1v) is 9.24. The van der Waals surface area contributed by atoms with Gasteiger partial charge in [0.05, 0.1) is 38.4 Å². The third-order valence-electron chi connectivity index (χ3n) is 4.82. The molecule has 0 saturated carbocycles. The lowest BCUT2D eigenvalue weighted by atomic mass is 9.83. The van der Waals surface area contributed by atoms with Crippen molar-refractivity contribution in [1.29, 1.82) is 0 Å². The standard InChI is InChI=1S/C23H23NO6/c1-28-18-10-4-15(5-11-18)12-24-13-19(22(26)29-2)21(20(14-24)23(27)30-3)16-6-8-17(25)9-7-16/h4-11,13-14,21,25H,12H2,1-3H3. The number of rotatable bonds is 6. The molecule has 7 heteroatoms. The predicted molar refractivity (Wildman–Crippen MR) is 110 cm³/mol. The molecular weight excluding hydrogens is 386 g/mol. The minimum Gasteiger partial charge on any atom is -0.508 e. The summed E-state index contributed by atoms with van der Waals surface area (Å²) in [6.45, 7) is 0.424. The van der Waals surface area contributed by atoms with Crippen molar-refractivity contribution in [3.8, 4) is 11.5 Å². The lowest BCUT2D eigenvalue weighted by Crippen LogP contribution is -2.28. The van der Waals surface area contributed by atoms with Crippen LogP contribution >= 0.6 is 0 Å². The van der Waals surface area contributed by atoms with E-state index in [1.165, 1.54) is 26.4 Å². The van der Waals surface area contributed by atoms with Crippen LogP contribution in [0.25, 0.3) is 0 Å². The summed E-state index contributed by atoms with van der Waals surface area (Å²) in [7, 11) is 4.18. The Morgan fingerprint density at radius 3 is 1.87 bits per heavy atom. The van der Waals surface area contributed by atoms with Crippen molar-refractivity contribution in [3.05, 3.63) is 83.2 Å². The number of phenols is 1. The van der Waals surface area contributed by atoms with Crippen LogP contribution in [0.3, 0.4) is 0 Å². The van der Waals surface area contributed by atoms with Gasteiger partial charge in [-0.1, -0.05) is 24.3 Å². The van der Waals surface area contributed by atoms with Crippen LogP contribution in [0.2, 0.25) is 0 Å². The highest BCUT2D eigenvalue weighted by molar-refractivity contribution is 5.98. The first kappa shape index (κ1) is 21.0. The lowest BCUT2D eigenvalue weighted by Gasteiger charge is -2.30. The van der Waals surface area contributed by atoms with Crippen LogP contribution in [-0.4, -0.2) is 43.3 Å². The van der Waals surface area contributed by atoms with Gasteiger partial charge in [-0.2, -0.15) is 0 Å². The highest BCUT2D eigenvalue weighted by Gasteiger charge is 2.35. The summed E-state index contributed by atoms with van der Waals surface area (Å²) in [6.07, 6.45) is 3.33. The maximum Gasteiger partial charge on any atom is 0.336 e. The molecule has 0 unspecified atom stereocenters. The van der Waals surface area contributed by atoms with Gasteiger partial charge >= 0.3 is 11.9 Å². The molecule has 2 aromatic rings. The molecule has 0 aliphatic carbocycles. The molecule has 0 spiro atoms. The molecule has 0 saturated heterocycles. The first-order valence-electron chi connectivity index (χ1n) is 9.24. The molecule has 1 aliphatic rings. The molecule has 1 aliphatic heterocycles. The minimum atomic E-state index is -0.683. The fourth-order valence-corrected chi connectivity index (χ4v) is 3.35. The third-order valence-corrected chi connectivity index (χ3v) is 4.82. The van der Waals surface area contributed by atoms with Gasteiger partial charge in [-0.25, -0.2) is 9.59 Å².